The van der Waals surface area contributed by atoms with Gasteiger partial charge in [0.25, 0.3) is 16.8 Å². The lowest BCUT2D eigenvalue weighted by molar-refractivity contribution is -0.384. The van der Waals surface area contributed by atoms with Gasteiger partial charge in [-0.2, -0.15) is 0 Å². The number of nitro benzene ring substituents is 1. The van der Waals surface area contributed by atoms with Crippen molar-refractivity contribution in [1.82, 2.24) is 4.90 Å². The highest BCUT2D eigenvalue weighted by Gasteiger charge is 2.37. The van der Waals surface area contributed by atoms with Crippen molar-refractivity contribution in [2.75, 3.05) is 44.9 Å². The van der Waals surface area contributed by atoms with Gasteiger partial charge in [-0.05, 0) is 23.9 Å². The van der Waals surface area contributed by atoms with Gasteiger partial charge in [0, 0.05) is 36.5 Å². The van der Waals surface area contributed by atoms with Crippen LogP contribution in [0, 0.1) is 10.1 Å². The number of anilines is 1. The summed E-state index contributed by atoms with van der Waals surface area (Å²) >= 11 is 0.676. The van der Waals surface area contributed by atoms with E-state index in [1.54, 1.807) is 6.07 Å². The molecule has 0 aromatic heterocycles. The minimum atomic E-state index is -0.715. The third-order valence-electron chi connectivity index (χ3n) is 4.25. The summed E-state index contributed by atoms with van der Waals surface area (Å²) in [7, 11) is 1.16. The van der Waals surface area contributed by atoms with Crippen LogP contribution >= 0.6 is 11.8 Å². The van der Waals surface area contributed by atoms with Crippen LogP contribution in [0.25, 0.3) is 6.08 Å². The number of benzene rings is 1. The van der Waals surface area contributed by atoms with Crippen molar-refractivity contribution >= 4 is 46.3 Å². The SMILES string of the molecule is COC(=O)CN1C(=O)S/C(=C\c2cc([N+](=O)[O-])ccc2N2CCOCC2)C1=O. The molecule has 0 atom stereocenters. The maximum atomic E-state index is 12.5. The molecule has 0 unspecified atom stereocenters. The van der Waals surface area contributed by atoms with Crippen molar-refractivity contribution in [1.29, 1.82) is 0 Å². The lowest BCUT2D eigenvalue weighted by atomic mass is 10.1. The first-order chi connectivity index (χ1) is 13.4. The molecule has 28 heavy (non-hydrogen) atoms. The molecular formula is C17H17N3O7S. The minimum absolute atomic E-state index is 0.0870. The van der Waals surface area contributed by atoms with E-state index >= 15 is 0 Å². The maximum absolute atomic E-state index is 12.5. The van der Waals surface area contributed by atoms with Crippen LogP contribution < -0.4 is 4.90 Å². The first kappa shape index (κ1) is 19.8. The topological polar surface area (TPSA) is 119 Å². The third-order valence-corrected chi connectivity index (χ3v) is 5.16. The molecule has 2 saturated heterocycles. The fraction of sp³-hybridized carbons (Fsp3) is 0.353. The second kappa shape index (κ2) is 8.40. The predicted molar refractivity (Wildman–Crippen MR) is 101 cm³/mol. The van der Waals surface area contributed by atoms with Crippen molar-refractivity contribution in [3.05, 3.63) is 38.8 Å². The molecule has 0 spiro atoms. The molecule has 2 aliphatic heterocycles. The molecule has 0 N–H and O–H groups in total. The molecule has 10 nitrogen and oxygen atoms in total. The van der Waals surface area contributed by atoms with Gasteiger partial charge in [-0.1, -0.05) is 0 Å². The van der Waals surface area contributed by atoms with Gasteiger partial charge in [0.1, 0.15) is 6.54 Å². The van der Waals surface area contributed by atoms with E-state index < -0.39 is 28.6 Å². The zero-order valence-corrected chi connectivity index (χ0v) is 15.8. The average Bonchev–Trinajstić information content (AvgIpc) is 2.95. The molecule has 3 rings (SSSR count). The summed E-state index contributed by atoms with van der Waals surface area (Å²) in [5, 5.41) is 10.6. The number of methoxy groups -OCH3 is 1. The number of imide groups is 1. The van der Waals surface area contributed by atoms with Gasteiger partial charge in [0.2, 0.25) is 0 Å². The Bertz CT molecular complexity index is 864. The van der Waals surface area contributed by atoms with Crippen LogP contribution in [0.15, 0.2) is 23.1 Å². The number of morpholine rings is 1. The molecular weight excluding hydrogens is 390 g/mol. The average molecular weight is 407 g/mol. The van der Waals surface area contributed by atoms with Gasteiger partial charge in [0.15, 0.2) is 0 Å². The fourth-order valence-electron chi connectivity index (χ4n) is 2.83. The first-order valence-corrected chi connectivity index (χ1v) is 9.15. The van der Waals surface area contributed by atoms with Crippen LogP contribution in [0.2, 0.25) is 0 Å². The number of hydrogen-bond acceptors (Lipinski definition) is 9. The lowest BCUT2D eigenvalue weighted by Crippen LogP contribution is -2.36. The van der Waals surface area contributed by atoms with Crippen molar-refractivity contribution in [2.24, 2.45) is 0 Å². The second-order valence-corrected chi connectivity index (χ2v) is 6.94. The summed E-state index contributed by atoms with van der Waals surface area (Å²) in [5.74, 6) is -1.35. The number of hydrogen-bond donors (Lipinski definition) is 0. The molecule has 11 heteroatoms. The lowest BCUT2D eigenvalue weighted by Gasteiger charge is -2.30. The normalized spacial score (nSPS) is 18.7. The summed E-state index contributed by atoms with van der Waals surface area (Å²) in [6.45, 7) is 1.76. The molecule has 2 heterocycles. The Labute approximate surface area is 164 Å². The second-order valence-electron chi connectivity index (χ2n) is 5.94. The number of nitrogens with zero attached hydrogens (tertiary/aromatic N) is 3. The number of ether oxygens (including phenoxy) is 2. The van der Waals surface area contributed by atoms with Crippen molar-refractivity contribution in [3.63, 3.8) is 0 Å². The molecule has 0 bridgehead atoms. The Morgan fingerprint density at radius 2 is 2.07 bits per heavy atom. The zero-order valence-electron chi connectivity index (χ0n) is 15.0. The molecule has 1 aromatic rings. The van der Waals surface area contributed by atoms with E-state index in [0.717, 1.165) is 12.0 Å². The van der Waals surface area contributed by atoms with E-state index in [1.807, 2.05) is 4.90 Å². The monoisotopic (exact) mass is 407 g/mol. The highest BCUT2D eigenvalue weighted by molar-refractivity contribution is 8.18. The Hall–Kier alpha value is -2.92. The first-order valence-electron chi connectivity index (χ1n) is 8.34. The Balaban J connectivity index is 1.96. The maximum Gasteiger partial charge on any atom is 0.325 e. The molecule has 2 aliphatic rings. The molecule has 0 aliphatic carbocycles. The van der Waals surface area contributed by atoms with Gasteiger partial charge in [-0.25, -0.2) is 0 Å². The number of thioether (sulfide) groups is 1. The summed E-state index contributed by atoms with van der Waals surface area (Å²) in [6, 6.07) is 4.37. The number of carbonyl (C=O) groups excluding carboxylic acids is 3. The highest BCUT2D eigenvalue weighted by Crippen LogP contribution is 2.35. The van der Waals surface area contributed by atoms with Crippen LogP contribution in [0.5, 0.6) is 0 Å². The van der Waals surface area contributed by atoms with Gasteiger partial charge in [-0.3, -0.25) is 29.4 Å². The number of rotatable bonds is 5. The number of esters is 1. The summed E-state index contributed by atoms with van der Waals surface area (Å²) in [5.41, 5.74) is 1.02. The Morgan fingerprint density at radius 3 is 2.71 bits per heavy atom. The van der Waals surface area contributed by atoms with Crippen LogP contribution in [0.1, 0.15) is 5.56 Å². The standard InChI is InChI=1S/C17H17N3O7S/c1-26-15(21)10-19-16(22)14(28-17(19)23)9-11-8-12(20(24)25)2-3-13(11)18-4-6-27-7-5-18/h2-3,8-9H,4-7,10H2,1H3/b14-9-. The number of non-ortho nitro benzene ring substituents is 1. The quantitative estimate of drug-likeness (QED) is 0.310. The van der Waals surface area contributed by atoms with Crippen molar-refractivity contribution < 1.29 is 28.8 Å². The molecule has 0 radical (unpaired) electrons. The number of nitro groups is 1. The number of amides is 2. The summed E-state index contributed by atoms with van der Waals surface area (Å²) < 4.78 is 9.83. The summed E-state index contributed by atoms with van der Waals surface area (Å²) in [4.78, 5) is 49.5. The van der Waals surface area contributed by atoms with E-state index in [2.05, 4.69) is 4.74 Å². The van der Waals surface area contributed by atoms with E-state index in [4.69, 9.17) is 4.74 Å². The molecule has 148 valence electrons. The number of carbonyl (C=O) groups is 3. The van der Waals surface area contributed by atoms with Gasteiger partial charge < -0.3 is 14.4 Å². The van der Waals surface area contributed by atoms with E-state index in [0.29, 0.717) is 49.3 Å². The third kappa shape index (κ3) is 4.15. The van der Waals surface area contributed by atoms with Crippen LogP contribution in [0.4, 0.5) is 16.2 Å². The van der Waals surface area contributed by atoms with Gasteiger partial charge in [-0.15, -0.1) is 0 Å². The predicted octanol–water partition coefficient (Wildman–Crippen LogP) is 1.64. The van der Waals surface area contributed by atoms with Crippen LogP contribution in [0.3, 0.4) is 0 Å². The zero-order chi connectivity index (χ0) is 20.3. The molecule has 2 amide bonds. The van der Waals surface area contributed by atoms with Crippen LogP contribution in [-0.4, -0.2) is 66.9 Å². The van der Waals surface area contributed by atoms with E-state index in [9.17, 15) is 24.5 Å². The highest BCUT2D eigenvalue weighted by atomic mass is 32.2. The fourth-order valence-corrected chi connectivity index (χ4v) is 3.66. The van der Waals surface area contributed by atoms with Gasteiger partial charge in [0.05, 0.1) is 30.2 Å². The van der Waals surface area contributed by atoms with Crippen molar-refractivity contribution in [3.8, 4) is 0 Å². The smallest absolute Gasteiger partial charge is 0.325 e. The molecule has 1 aromatic carbocycles. The molecule has 0 saturated carbocycles. The Morgan fingerprint density at radius 1 is 1.36 bits per heavy atom. The van der Waals surface area contributed by atoms with E-state index in [-0.39, 0.29) is 10.6 Å². The van der Waals surface area contributed by atoms with Crippen molar-refractivity contribution in [2.45, 2.75) is 0 Å². The van der Waals surface area contributed by atoms with Crippen LogP contribution in [-0.2, 0) is 19.1 Å². The van der Waals surface area contributed by atoms with Gasteiger partial charge >= 0.3 is 5.97 Å². The molecule has 2 fully saturated rings. The van der Waals surface area contributed by atoms with E-state index in [1.165, 1.54) is 18.2 Å². The summed E-state index contributed by atoms with van der Waals surface area (Å²) in [6.07, 6.45) is 1.44. The minimum Gasteiger partial charge on any atom is -0.468 e. The largest absolute Gasteiger partial charge is 0.468 e. The Kier molecular flexibility index (Phi) is 5.95.